The summed E-state index contributed by atoms with van der Waals surface area (Å²) in [7, 11) is 0. The molecule has 0 saturated carbocycles. The lowest BCUT2D eigenvalue weighted by Gasteiger charge is -2.44. The Morgan fingerprint density at radius 2 is 1.35 bits per heavy atom. The monoisotopic (exact) mass is 433 g/mol. The molecule has 166 valence electrons. The highest BCUT2D eigenvalue weighted by atomic mass is 16.7. The minimum absolute atomic E-state index is 0.301. The number of rotatable bonds is 6. The van der Waals surface area contributed by atoms with Gasteiger partial charge in [0.15, 0.2) is 18.3 Å². The fourth-order valence-electron chi connectivity index (χ4n) is 3.24. The van der Waals surface area contributed by atoms with Gasteiger partial charge in [-0.3, -0.25) is 19.2 Å². The van der Waals surface area contributed by atoms with Crippen molar-refractivity contribution in [2.24, 2.45) is 0 Å². The molecule has 0 amide bonds. The quantitative estimate of drug-likeness (QED) is 0.477. The number of esters is 4. The number of nitriles is 1. The molecule has 31 heavy (non-hydrogen) atoms. The van der Waals surface area contributed by atoms with Crippen molar-refractivity contribution in [3.8, 4) is 6.07 Å². The standard InChI is InChI=1S/C21H23NO9/c1-11(23)27-10-17-19(28-12(2)24)21(30-14(4)26)20(29-13(3)25)18(31-17)16-7-5-15(9-22)6-8-16/h5-8,17-21H,10H2,1-4H3/t17-,18+,19-,20+,21+/m1/s1. The van der Waals surface area contributed by atoms with Gasteiger partial charge in [-0.05, 0) is 17.7 Å². The maximum absolute atomic E-state index is 11.8. The molecule has 2 rings (SSSR count). The van der Waals surface area contributed by atoms with E-state index in [4.69, 9.17) is 28.9 Å². The van der Waals surface area contributed by atoms with Crippen molar-refractivity contribution in [2.45, 2.75) is 58.2 Å². The Balaban J connectivity index is 2.53. The predicted molar refractivity (Wildman–Crippen MR) is 102 cm³/mol. The first-order valence-corrected chi connectivity index (χ1v) is 9.43. The zero-order valence-electron chi connectivity index (χ0n) is 17.5. The van der Waals surface area contributed by atoms with Crippen LogP contribution in [-0.2, 0) is 42.9 Å². The lowest BCUT2D eigenvalue weighted by Crippen LogP contribution is -2.59. The van der Waals surface area contributed by atoms with E-state index in [0.717, 1.165) is 13.8 Å². The van der Waals surface area contributed by atoms with Crippen LogP contribution in [0.3, 0.4) is 0 Å². The lowest BCUT2D eigenvalue weighted by atomic mass is 9.90. The van der Waals surface area contributed by atoms with E-state index < -0.39 is 54.4 Å². The van der Waals surface area contributed by atoms with Crippen LogP contribution in [0.2, 0.25) is 0 Å². The molecule has 1 fully saturated rings. The maximum Gasteiger partial charge on any atom is 0.303 e. The molecule has 0 radical (unpaired) electrons. The zero-order chi connectivity index (χ0) is 23.1. The summed E-state index contributed by atoms with van der Waals surface area (Å²) in [6.45, 7) is 4.38. The second kappa shape index (κ2) is 10.5. The topological polar surface area (TPSA) is 138 Å². The van der Waals surface area contributed by atoms with Crippen molar-refractivity contribution < 1.29 is 42.9 Å². The van der Waals surface area contributed by atoms with E-state index in [1.807, 2.05) is 6.07 Å². The molecule has 0 bridgehead atoms. The van der Waals surface area contributed by atoms with Crippen molar-refractivity contribution in [1.29, 1.82) is 5.26 Å². The zero-order valence-corrected chi connectivity index (χ0v) is 17.5. The number of hydrogen-bond acceptors (Lipinski definition) is 10. The molecule has 1 saturated heterocycles. The summed E-state index contributed by atoms with van der Waals surface area (Å²) in [5.41, 5.74) is 0.908. The van der Waals surface area contributed by atoms with Gasteiger partial charge in [-0.25, -0.2) is 0 Å². The molecule has 10 heteroatoms. The van der Waals surface area contributed by atoms with Crippen LogP contribution in [0.4, 0.5) is 0 Å². The summed E-state index contributed by atoms with van der Waals surface area (Å²) >= 11 is 0. The molecule has 0 N–H and O–H groups in total. The summed E-state index contributed by atoms with van der Waals surface area (Å²) in [4.78, 5) is 46.7. The largest absolute Gasteiger partial charge is 0.463 e. The molecule has 10 nitrogen and oxygen atoms in total. The number of carbonyl (C=O) groups is 4. The molecule has 1 heterocycles. The molecule has 1 aliphatic rings. The summed E-state index contributed by atoms with van der Waals surface area (Å²) in [5, 5.41) is 9.03. The average molecular weight is 433 g/mol. The first kappa shape index (κ1) is 23.8. The third-order valence-electron chi connectivity index (χ3n) is 4.36. The van der Waals surface area contributed by atoms with Crippen LogP contribution < -0.4 is 0 Å². The number of carbonyl (C=O) groups excluding carboxylic acids is 4. The van der Waals surface area contributed by atoms with E-state index in [0.29, 0.717) is 11.1 Å². The van der Waals surface area contributed by atoms with Gasteiger partial charge in [-0.1, -0.05) is 12.1 Å². The van der Waals surface area contributed by atoms with Crippen LogP contribution in [0.5, 0.6) is 0 Å². The second-order valence-corrected chi connectivity index (χ2v) is 6.85. The minimum atomic E-state index is -1.24. The molecule has 0 spiro atoms. The molecule has 1 aromatic rings. The maximum atomic E-state index is 11.8. The number of nitrogens with zero attached hydrogens (tertiary/aromatic N) is 1. The molecule has 1 aromatic carbocycles. The molecular formula is C21H23NO9. The van der Waals surface area contributed by atoms with Crippen LogP contribution in [0.25, 0.3) is 0 Å². The van der Waals surface area contributed by atoms with Crippen molar-refractivity contribution in [2.75, 3.05) is 6.61 Å². The molecule has 0 unspecified atom stereocenters. The van der Waals surface area contributed by atoms with E-state index in [1.165, 1.54) is 13.8 Å². The normalized spacial score (nSPS) is 24.9. The van der Waals surface area contributed by atoms with Crippen molar-refractivity contribution in [3.05, 3.63) is 35.4 Å². The summed E-state index contributed by atoms with van der Waals surface area (Å²) in [5.74, 6) is -2.67. The van der Waals surface area contributed by atoms with E-state index in [2.05, 4.69) is 0 Å². The number of ether oxygens (including phenoxy) is 5. The number of hydrogen-bond donors (Lipinski definition) is 0. The third kappa shape index (κ3) is 6.52. The molecule has 0 aliphatic carbocycles. The van der Waals surface area contributed by atoms with Crippen LogP contribution in [0.1, 0.15) is 44.9 Å². The van der Waals surface area contributed by atoms with Crippen LogP contribution in [0.15, 0.2) is 24.3 Å². The third-order valence-corrected chi connectivity index (χ3v) is 4.36. The second-order valence-electron chi connectivity index (χ2n) is 6.85. The highest BCUT2D eigenvalue weighted by molar-refractivity contribution is 5.68. The number of benzene rings is 1. The van der Waals surface area contributed by atoms with Gasteiger partial charge in [0.25, 0.3) is 0 Å². The SMILES string of the molecule is CC(=O)OC[C@H]1O[C@@H](c2ccc(C#N)cc2)[C@H](OC(C)=O)[C@@H](OC(C)=O)[C@@H]1OC(C)=O. The van der Waals surface area contributed by atoms with Crippen molar-refractivity contribution >= 4 is 23.9 Å². The van der Waals surface area contributed by atoms with E-state index >= 15 is 0 Å². The van der Waals surface area contributed by atoms with Crippen molar-refractivity contribution in [1.82, 2.24) is 0 Å². The first-order chi connectivity index (χ1) is 14.6. The fourth-order valence-corrected chi connectivity index (χ4v) is 3.24. The first-order valence-electron chi connectivity index (χ1n) is 9.43. The Kier molecular flexibility index (Phi) is 8.10. The Labute approximate surface area is 179 Å². The fraction of sp³-hybridized carbons (Fsp3) is 0.476. The lowest BCUT2D eigenvalue weighted by molar-refractivity contribution is -0.254. The average Bonchev–Trinajstić information content (AvgIpc) is 2.68. The van der Waals surface area contributed by atoms with Gasteiger partial charge in [0.2, 0.25) is 0 Å². The van der Waals surface area contributed by atoms with Gasteiger partial charge in [0.05, 0.1) is 11.6 Å². The van der Waals surface area contributed by atoms with Crippen molar-refractivity contribution in [3.63, 3.8) is 0 Å². The molecular weight excluding hydrogens is 410 g/mol. The smallest absolute Gasteiger partial charge is 0.303 e. The molecule has 1 aliphatic heterocycles. The predicted octanol–water partition coefficient (Wildman–Crippen LogP) is 1.36. The van der Waals surface area contributed by atoms with E-state index in [1.54, 1.807) is 24.3 Å². The summed E-state index contributed by atoms with van der Waals surface area (Å²) in [6, 6.07) is 8.28. The Bertz CT molecular complexity index is 874. The Morgan fingerprint density at radius 3 is 1.84 bits per heavy atom. The minimum Gasteiger partial charge on any atom is -0.463 e. The highest BCUT2D eigenvalue weighted by Crippen LogP contribution is 2.37. The van der Waals surface area contributed by atoms with Gasteiger partial charge in [0.1, 0.15) is 18.8 Å². The Hall–Kier alpha value is -3.45. The van der Waals surface area contributed by atoms with E-state index in [9.17, 15) is 19.2 Å². The van der Waals surface area contributed by atoms with Crippen LogP contribution >= 0.6 is 0 Å². The highest BCUT2D eigenvalue weighted by Gasteiger charge is 2.52. The molecule has 0 aromatic heterocycles. The van der Waals surface area contributed by atoms with Crippen LogP contribution in [-0.4, -0.2) is 54.9 Å². The summed E-state index contributed by atoms with van der Waals surface area (Å²) < 4.78 is 27.2. The van der Waals surface area contributed by atoms with Gasteiger partial charge >= 0.3 is 23.9 Å². The Morgan fingerprint density at radius 1 is 0.839 bits per heavy atom. The summed E-state index contributed by atoms with van der Waals surface area (Å²) in [6.07, 6.45) is -5.61. The van der Waals surface area contributed by atoms with Crippen LogP contribution in [0, 0.1) is 11.3 Å². The molecule has 5 atom stereocenters. The van der Waals surface area contributed by atoms with E-state index in [-0.39, 0.29) is 6.61 Å². The van der Waals surface area contributed by atoms with Gasteiger partial charge in [-0.2, -0.15) is 5.26 Å². The van der Waals surface area contributed by atoms with Gasteiger partial charge < -0.3 is 23.7 Å². The van der Waals surface area contributed by atoms with Gasteiger partial charge in [0, 0.05) is 27.7 Å². The van der Waals surface area contributed by atoms with Gasteiger partial charge in [-0.15, -0.1) is 0 Å².